The van der Waals surface area contributed by atoms with Crippen LogP contribution in [-0.2, 0) is 36.4 Å². The third-order valence-electron chi connectivity index (χ3n) is 8.54. The fourth-order valence-corrected chi connectivity index (χ4v) is 6.19. The lowest BCUT2D eigenvalue weighted by molar-refractivity contribution is -0.143. The van der Waals surface area contributed by atoms with E-state index in [0.29, 0.717) is 43.8 Å². The number of aromatic nitrogens is 2. The Labute approximate surface area is 270 Å². The van der Waals surface area contributed by atoms with Gasteiger partial charge >= 0.3 is 24.5 Å². The van der Waals surface area contributed by atoms with Gasteiger partial charge in [0, 0.05) is 45.2 Å². The molecular weight excluding hydrogens is 659 g/mol. The number of aryl methyl sites for hydroxylation is 2. The molecule has 0 amide bonds. The lowest BCUT2D eigenvalue weighted by atomic mass is 9.80. The molecule has 3 aromatic rings. The van der Waals surface area contributed by atoms with Crippen LogP contribution in [0.1, 0.15) is 78.3 Å². The zero-order valence-electron chi connectivity index (χ0n) is 26.4. The molecule has 48 heavy (non-hydrogen) atoms. The number of rotatable bonds is 11. The number of anilines is 2. The van der Waals surface area contributed by atoms with Gasteiger partial charge in [-0.15, -0.1) is 0 Å². The largest absolute Gasteiger partial charge is 0.481 e. The third kappa shape index (κ3) is 9.34. The number of halogens is 9. The number of carbonyl (C=O) groups is 1. The Hall–Kier alpha value is -3.98. The summed E-state index contributed by atoms with van der Waals surface area (Å²) in [6.07, 6.45) is -12.1. The molecule has 1 aromatic heterocycles. The maximum Gasteiger partial charge on any atom is 0.416 e. The van der Waals surface area contributed by atoms with Gasteiger partial charge in [0.2, 0.25) is 5.89 Å². The smallest absolute Gasteiger partial charge is 0.416 e. The first-order valence-corrected chi connectivity index (χ1v) is 15.3. The molecule has 1 N–H and O–H groups in total. The second kappa shape index (κ2) is 14.2. The Morgan fingerprint density at radius 1 is 0.833 bits per heavy atom. The number of aliphatic carboxylic acids is 1. The van der Waals surface area contributed by atoms with Gasteiger partial charge in [0.05, 0.1) is 16.7 Å². The van der Waals surface area contributed by atoms with E-state index in [2.05, 4.69) is 10.1 Å². The van der Waals surface area contributed by atoms with Crippen LogP contribution in [0, 0.1) is 25.7 Å². The first-order chi connectivity index (χ1) is 22.2. The second-order valence-electron chi connectivity index (χ2n) is 12.2. The fourth-order valence-electron chi connectivity index (χ4n) is 6.19. The Morgan fingerprint density at radius 2 is 1.42 bits per heavy atom. The highest BCUT2D eigenvalue weighted by Gasteiger charge is 2.38. The predicted octanol–water partition coefficient (Wildman–Crippen LogP) is 9.06. The summed E-state index contributed by atoms with van der Waals surface area (Å²) in [6.45, 7) is 4.30. The van der Waals surface area contributed by atoms with Crippen molar-refractivity contribution >= 4 is 17.6 Å². The van der Waals surface area contributed by atoms with Crippen molar-refractivity contribution in [3.63, 3.8) is 0 Å². The Morgan fingerprint density at radius 3 is 1.90 bits per heavy atom. The average Bonchev–Trinajstić information content (AvgIpc) is 3.41. The average molecular weight is 695 g/mol. The highest BCUT2D eigenvalue weighted by atomic mass is 19.4. The van der Waals surface area contributed by atoms with Crippen LogP contribution >= 0.6 is 0 Å². The van der Waals surface area contributed by atoms with Crippen molar-refractivity contribution in [1.82, 2.24) is 10.1 Å². The summed E-state index contributed by atoms with van der Waals surface area (Å²) in [5.41, 5.74) is -4.02. The van der Waals surface area contributed by atoms with Gasteiger partial charge in [-0.1, -0.05) is 0 Å². The van der Waals surface area contributed by atoms with Gasteiger partial charge in [-0.3, -0.25) is 4.79 Å². The van der Waals surface area contributed by atoms with E-state index in [1.165, 1.54) is 24.8 Å². The molecule has 1 aliphatic carbocycles. The topological polar surface area (TPSA) is 82.7 Å². The van der Waals surface area contributed by atoms with E-state index in [4.69, 9.17) is 9.63 Å². The van der Waals surface area contributed by atoms with Crippen molar-refractivity contribution in [3.8, 4) is 0 Å². The SMILES string of the molecule is CCN(CC1CCC(CC(=O)O)CC1)c1cc(C)c(C(F)(F)F)cc1CN(Cc1cc(C(F)(F)F)cc(C(F)(F)F)c1)c1noc(C)n1. The molecular formula is C32H35F9N4O3. The van der Waals surface area contributed by atoms with Crippen molar-refractivity contribution in [2.24, 2.45) is 11.8 Å². The maximum atomic E-state index is 14.1. The monoisotopic (exact) mass is 694 g/mol. The Kier molecular flexibility index (Phi) is 10.9. The lowest BCUT2D eigenvalue weighted by Crippen LogP contribution is -2.33. The number of benzene rings is 2. The molecule has 7 nitrogen and oxygen atoms in total. The van der Waals surface area contributed by atoms with Gasteiger partial charge in [0.25, 0.3) is 5.95 Å². The Bertz CT molecular complexity index is 1540. The molecule has 264 valence electrons. The van der Waals surface area contributed by atoms with Crippen LogP contribution < -0.4 is 9.80 Å². The molecule has 0 atom stereocenters. The molecule has 0 aliphatic heterocycles. The first kappa shape index (κ1) is 36.8. The lowest BCUT2D eigenvalue weighted by Gasteiger charge is -2.35. The minimum atomic E-state index is -5.11. The highest BCUT2D eigenvalue weighted by Crippen LogP contribution is 2.40. The summed E-state index contributed by atoms with van der Waals surface area (Å²) in [7, 11) is 0. The van der Waals surface area contributed by atoms with Gasteiger partial charge in [-0.2, -0.15) is 44.5 Å². The summed E-state index contributed by atoms with van der Waals surface area (Å²) in [4.78, 5) is 18.3. The molecule has 1 aliphatic rings. The van der Waals surface area contributed by atoms with Crippen LogP contribution in [0.25, 0.3) is 0 Å². The molecule has 0 spiro atoms. The summed E-state index contributed by atoms with van der Waals surface area (Å²) >= 11 is 0. The fraction of sp³-hybridized carbons (Fsp3) is 0.531. The van der Waals surface area contributed by atoms with Gasteiger partial charge in [0.1, 0.15) is 0 Å². The van der Waals surface area contributed by atoms with Crippen LogP contribution in [-0.4, -0.2) is 34.3 Å². The van der Waals surface area contributed by atoms with Crippen molar-refractivity contribution in [2.75, 3.05) is 22.9 Å². The summed E-state index contributed by atoms with van der Waals surface area (Å²) in [6, 6.07) is 3.40. The van der Waals surface area contributed by atoms with E-state index in [-0.39, 0.29) is 47.3 Å². The second-order valence-corrected chi connectivity index (χ2v) is 12.2. The van der Waals surface area contributed by atoms with Crippen molar-refractivity contribution in [1.29, 1.82) is 0 Å². The molecule has 0 unspecified atom stereocenters. The van der Waals surface area contributed by atoms with Gasteiger partial charge < -0.3 is 19.4 Å². The van der Waals surface area contributed by atoms with Crippen molar-refractivity contribution in [3.05, 3.63) is 69.6 Å². The molecule has 1 fully saturated rings. The normalized spacial score (nSPS) is 17.4. The predicted molar refractivity (Wildman–Crippen MR) is 157 cm³/mol. The van der Waals surface area contributed by atoms with Crippen LogP contribution in [0.5, 0.6) is 0 Å². The molecule has 0 radical (unpaired) electrons. The minimum absolute atomic E-state index is 0.00566. The quantitative estimate of drug-likeness (QED) is 0.201. The molecule has 1 saturated carbocycles. The molecule has 1 heterocycles. The minimum Gasteiger partial charge on any atom is -0.481 e. The van der Waals surface area contributed by atoms with Gasteiger partial charge in [-0.05, 0) is 104 Å². The van der Waals surface area contributed by atoms with Crippen molar-refractivity contribution in [2.45, 2.75) is 84.5 Å². The standard InChI is InChI=1S/C32H35F9N4O3/c1-4-44(15-21-7-5-20(6-8-21)12-28(46)47)27-9-18(2)26(32(39,40)41)13-23(27)17-45(29-42-19(3)48-43-29)16-22-10-24(30(33,34)35)14-25(11-22)31(36,37)38/h9-11,13-14,20-21H,4-8,12,15-17H2,1-3H3,(H,46,47). The summed E-state index contributed by atoms with van der Waals surface area (Å²) < 4.78 is 129. The van der Waals surface area contributed by atoms with Crippen LogP contribution in [0.2, 0.25) is 0 Å². The zero-order chi connectivity index (χ0) is 35.6. The molecule has 0 saturated heterocycles. The first-order valence-electron chi connectivity index (χ1n) is 15.3. The third-order valence-corrected chi connectivity index (χ3v) is 8.54. The number of nitrogens with zero attached hydrogens (tertiary/aromatic N) is 4. The Balaban J connectivity index is 1.75. The van der Waals surface area contributed by atoms with Crippen LogP contribution in [0.4, 0.5) is 51.1 Å². The number of carboxylic acids is 1. The summed E-state index contributed by atoms with van der Waals surface area (Å²) in [5, 5.41) is 12.9. The van der Waals surface area contributed by atoms with Gasteiger partial charge in [0.15, 0.2) is 0 Å². The zero-order valence-corrected chi connectivity index (χ0v) is 26.4. The highest BCUT2D eigenvalue weighted by molar-refractivity contribution is 5.67. The number of carboxylic acid groups (broad SMARTS) is 1. The van der Waals surface area contributed by atoms with Gasteiger partial charge in [-0.25, -0.2) is 0 Å². The molecule has 2 aromatic carbocycles. The van der Waals surface area contributed by atoms with Crippen LogP contribution in [0.15, 0.2) is 34.9 Å². The maximum absolute atomic E-state index is 14.1. The van der Waals surface area contributed by atoms with E-state index < -0.39 is 59.8 Å². The van der Waals surface area contributed by atoms with E-state index in [9.17, 15) is 44.3 Å². The van der Waals surface area contributed by atoms with E-state index in [0.717, 1.165) is 18.9 Å². The number of hydrogen-bond donors (Lipinski definition) is 1. The van der Waals surface area contributed by atoms with Crippen molar-refractivity contribution < 1.29 is 53.9 Å². The molecule has 16 heteroatoms. The molecule has 4 rings (SSSR count). The molecule has 0 bridgehead atoms. The summed E-state index contributed by atoms with van der Waals surface area (Å²) in [5.74, 6) is -0.938. The van der Waals surface area contributed by atoms with E-state index in [1.807, 2.05) is 11.8 Å². The number of hydrogen-bond acceptors (Lipinski definition) is 6. The van der Waals surface area contributed by atoms with E-state index >= 15 is 0 Å². The number of alkyl halides is 9. The van der Waals surface area contributed by atoms with E-state index in [1.54, 1.807) is 0 Å². The van der Waals surface area contributed by atoms with Crippen LogP contribution in [0.3, 0.4) is 0 Å².